The quantitative estimate of drug-likeness (QED) is 0.720. The molecule has 2 fully saturated rings. The molecule has 0 spiro atoms. The zero-order valence-corrected chi connectivity index (χ0v) is 17.0. The van der Waals surface area contributed by atoms with Gasteiger partial charge in [0.15, 0.2) is 0 Å². The SMILES string of the molecule is O=C(NC[C@@H]1C[C@H](c2ccccc2)CO1)C(=O)NC[C@@H]1C[C@H](c2ccccc2)CO1. The van der Waals surface area contributed by atoms with E-state index in [-0.39, 0.29) is 12.2 Å². The van der Waals surface area contributed by atoms with E-state index >= 15 is 0 Å². The number of carbonyl (C=O) groups excluding carboxylic acids is 2. The lowest BCUT2D eigenvalue weighted by molar-refractivity contribution is -0.139. The Bertz CT molecular complexity index is 771. The highest BCUT2D eigenvalue weighted by Crippen LogP contribution is 2.29. The van der Waals surface area contributed by atoms with Gasteiger partial charge in [-0.2, -0.15) is 0 Å². The highest BCUT2D eigenvalue weighted by atomic mass is 16.5. The molecule has 0 bridgehead atoms. The molecule has 0 radical (unpaired) electrons. The topological polar surface area (TPSA) is 76.7 Å². The molecule has 158 valence electrons. The molecule has 0 unspecified atom stereocenters. The number of carbonyl (C=O) groups is 2. The van der Waals surface area contributed by atoms with Crippen LogP contribution in [0, 0.1) is 0 Å². The van der Waals surface area contributed by atoms with Crippen LogP contribution in [0.1, 0.15) is 35.8 Å². The lowest BCUT2D eigenvalue weighted by Crippen LogP contribution is -2.44. The first kappa shape index (κ1) is 20.6. The predicted octanol–water partition coefficient (Wildman–Crippen LogP) is 2.36. The van der Waals surface area contributed by atoms with Crippen molar-refractivity contribution in [3.05, 3.63) is 71.8 Å². The Morgan fingerprint density at radius 1 is 0.700 bits per heavy atom. The maximum atomic E-state index is 12.1. The van der Waals surface area contributed by atoms with Gasteiger partial charge in [-0.25, -0.2) is 0 Å². The minimum absolute atomic E-state index is 0.0725. The van der Waals surface area contributed by atoms with Gasteiger partial charge in [-0.05, 0) is 24.0 Å². The summed E-state index contributed by atoms with van der Waals surface area (Å²) in [6.45, 7) is 1.95. The van der Waals surface area contributed by atoms with Gasteiger partial charge in [0.05, 0.1) is 25.4 Å². The van der Waals surface area contributed by atoms with Crippen molar-refractivity contribution in [2.24, 2.45) is 0 Å². The predicted molar refractivity (Wildman–Crippen MR) is 113 cm³/mol. The van der Waals surface area contributed by atoms with E-state index in [2.05, 4.69) is 34.9 Å². The highest BCUT2D eigenvalue weighted by Gasteiger charge is 2.29. The Hall–Kier alpha value is -2.70. The zero-order chi connectivity index (χ0) is 20.8. The third kappa shape index (κ3) is 5.26. The van der Waals surface area contributed by atoms with Crippen LogP contribution in [0.25, 0.3) is 0 Å². The molecule has 6 nitrogen and oxygen atoms in total. The van der Waals surface area contributed by atoms with E-state index in [0.29, 0.717) is 38.1 Å². The summed E-state index contributed by atoms with van der Waals surface area (Å²) in [6.07, 6.45) is 1.53. The molecule has 6 heteroatoms. The number of rotatable bonds is 6. The number of hydrogen-bond acceptors (Lipinski definition) is 4. The van der Waals surface area contributed by atoms with Crippen molar-refractivity contribution in [1.29, 1.82) is 0 Å². The van der Waals surface area contributed by atoms with Gasteiger partial charge >= 0.3 is 11.8 Å². The van der Waals surface area contributed by atoms with Gasteiger partial charge in [-0.3, -0.25) is 9.59 Å². The smallest absolute Gasteiger partial charge is 0.309 e. The number of nitrogens with one attached hydrogen (secondary N) is 2. The van der Waals surface area contributed by atoms with Crippen LogP contribution in [0.4, 0.5) is 0 Å². The third-order valence-electron chi connectivity index (χ3n) is 5.89. The van der Waals surface area contributed by atoms with Gasteiger partial charge in [0.1, 0.15) is 0 Å². The number of benzene rings is 2. The molecule has 2 N–H and O–H groups in total. The van der Waals surface area contributed by atoms with E-state index in [9.17, 15) is 9.59 Å². The summed E-state index contributed by atoms with van der Waals surface area (Å²) in [7, 11) is 0. The van der Waals surface area contributed by atoms with Gasteiger partial charge in [-0.15, -0.1) is 0 Å². The molecule has 0 aliphatic carbocycles. The van der Waals surface area contributed by atoms with Crippen molar-refractivity contribution in [2.45, 2.75) is 36.9 Å². The molecule has 2 aliphatic heterocycles. The second kappa shape index (κ2) is 9.87. The first-order chi connectivity index (χ1) is 14.7. The summed E-state index contributed by atoms with van der Waals surface area (Å²) in [5, 5.41) is 5.38. The van der Waals surface area contributed by atoms with Crippen molar-refractivity contribution in [1.82, 2.24) is 10.6 Å². The summed E-state index contributed by atoms with van der Waals surface area (Å²) >= 11 is 0. The molecule has 2 aliphatic rings. The second-order valence-corrected chi connectivity index (χ2v) is 8.02. The molecule has 4 rings (SSSR count). The molecule has 30 heavy (non-hydrogen) atoms. The number of ether oxygens (including phenoxy) is 2. The van der Waals surface area contributed by atoms with Gasteiger partial charge in [-0.1, -0.05) is 60.7 Å². The minimum Gasteiger partial charge on any atom is -0.376 e. The normalized spacial score (nSPS) is 25.7. The van der Waals surface area contributed by atoms with Crippen molar-refractivity contribution >= 4 is 11.8 Å². The van der Waals surface area contributed by atoms with Gasteiger partial charge < -0.3 is 20.1 Å². The Balaban J connectivity index is 1.15. The van der Waals surface area contributed by atoms with Crippen molar-refractivity contribution in [3.63, 3.8) is 0 Å². The van der Waals surface area contributed by atoms with Crippen LogP contribution in [0.2, 0.25) is 0 Å². The van der Waals surface area contributed by atoms with Crippen LogP contribution in [-0.2, 0) is 19.1 Å². The average Bonchev–Trinajstić information content (AvgIpc) is 3.47. The Morgan fingerprint density at radius 2 is 1.10 bits per heavy atom. The molecule has 0 saturated carbocycles. The maximum absolute atomic E-state index is 12.1. The summed E-state index contributed by atoms with van der Waals surface area (Å²) < 4.78 is 11.6. The lowest BCUT2D eigenvalue weighted by Gasteiger charge is -2.13. The van der Waals surface area contributed by atoms with E-state index in [0.717, 1.165) is 12.8 Å². The maximum Gasteiger partial charge on any atom is 0.309 e. The van der Waals surface area contributed by atoms with E-state index in [4.69, 9.17) is 9.47 Å². The van der Waals surface area contributed by atoms with Crippen LogP contribution in [-0.4, -0.2) is 50.3 Å². The third-order valence-corrected chi connectivity index (χ3v) is 5.89. The van der Waals surface area contributed by atoms with E-state index in [1.807, 2.05) is 36.4 Å². The van der Waals surface area contributed by atoms with Crippen LogP contribution in [0.3, 0.4) is 0 Å². The molecule has 2 saturated heterocycles. The fourth-order valence-electron chi connectivity index (χ4n) is 4.18. The summed E-state index contributed by atoms with van der Waals surface area (Å²) in [5.41, 5.74) is 2.49. The van der Waals surface area contributed by atoms with Gasteiger partial charge in [0.2, 0.25) is 0 Å². The molecular formula is C24H28N2O4. The first-order valence-corrected chi connectivity index (χ1v) is 10.6. The van der Waals surface area contributed by atoms with E-state index in [1.165, 1.54) is 11.1 Å². The molecule has 2 heterocycles. The largest absolute Gasteiger partial charge is 0.376 e. The van der Waals surface area contributed by atoms with Crippen LogP contribution in [0.15, 0.2) is 60.7 Å². The first-order valence-electron chi connectivity index (χ1n) is 10.6. The van der Waals surface area contributed by atoms with E-state index in [1.54, 1.807) is 0 Å². The lowest BCUT2D eigenvalue weighted by atomic mass is 9.96. The minimum atomic E-state index is -0.626. The zero-order valence-electron chi connectivity index (χ0n) is 17.0. The molecule has 2 aromatic rings. The molecular weight excluding hydrogens is 380 g/mol. The number of amides is 2. The monoisotopic (exact) mass is 408 g/mol. The number of hydrogen-bond donors (Lipinski definition) is 2. The average molecular weight is 408 g/mol. The highest BCUT2D eigenvalue weighted by molar-refractivity contribution is 6.35. The molecule has 2 aromatic carbocycles. The van der Waals surface area contributed by atoms with E-state index < -0.39 is 11.8 Å². The van der Waals surface area contributed by atoms with Gasteiger partial charge in [0, 0.05) is 24.9 Å². The van der Waals surface area contributed by atoms with Crippen LogP contribution in [0.5, 0.6) is 0 Å². The second-order valence-electron chi connectivity index (χ2n) is 8.02. The van der Waals surface area contributed by atoms with Gasteiger partial charge in [0.25, 0.3) is 0 Å². The Kier molecular flexibility index (Phi) is 6.77. The summed E-state index contributed by atoms with van der Waals surface area (Å²) in [6, 6.07) is 20.4. The van der Waals surface area contributed by atoms with Crippen molar-refractivity contribution < 1.29 is 19.1 Å². The Morgan fingerprint density at radius 3 is 1.50 bits per heavy atom. The van der Waals surface area contributed by atoms with Crippen molar-refractivity contribution in [2.75, 3.05) is 26.3 Å². The summed E-state index contributed by atoms with van der Waals surface area (Å²) in [5.74, 6) is -0.586. The Labute approximate surface area is 177 Å². The standard InChI is InChI=1S/C24H28N2O4/c27-23(25-13-21-11-19(15-29-21)17-7-3-1-4-8-17)24(28)26-14-22-12-20(16-30-22)18-9-5-2-6-10-18/h1-10,19-22H,11-16H2,(H,25,27)(H,26,28)/t19-,20-,21-,22-/m0/s1. The van der Waals surface area contributed by atoms with Crippen molar-refractivity contribution in [3.8, 4) is 0 Å². The summed E-state index contributed by atoms with van der Waals surface area (Å²) in [4.78, 5) is 24.2. The fourth-order valence-corrected chi connectivity index (χ4v) is 4.18. The van der Waals surface area contributed by atoms with Crippen LogP contribution >= 0.6 is 0 Å². The molecule has 4 atom stereocenters. The van der Waals surface area contributed by atoms with Crippen LogP contribution < -0.4 is 10.6 Å². The molecule has 2 amide bonds. The molecule has 0 aromatic heterocycles. The fraction of sp³-hybridized carbons (Fsp3) is 0.417.